The normalized spacial score (nSPS) is 15.9. The van der Waals surface area contributed by atoms with Crippen molar-refractivity contribution in [1.82, 2.24) is 0 Å². The first-order chi connectivity index (χ1) is 12.9. The van der Waals surface area contributed by atoms with Gasteiger partial charge in [0.25, 0.3) is 0 Å². The first-order valence-electron chi connectivity index (χ1n) is 9.72. The van der Waals surface area contributed by atoms with Gasteiger partial charge in [-0.05, 0) is 71.8 Å². The quantitative estimate of drug-likeness (QED) is 0.851. The number of anilines is 1. The number of hydrogen-bond acceptors (Lipinski definition) is 4. The highest BCUT2D eigenvalue weighted by Gasteiger charge is 2.20. The van der Waals surface area contributed by atoms with Crippen LogP contribution in [0.5, 0.6) is 5.75 Å². The summed E-state index contributed by atoms with van der Waals surface area (Å²) in [5.74, 6) is 1.20. The lowest BCUT2D eigenvalue weighted by atomic mass is 9.90. The number of ether oxygens (including phenoxy) is 2. The largest absolute Gasteiger partial charge is 0.496 e. The van der Waals surface area contributed by atoms with E-state index < -0.39 is 6.10 Å². The SMILES string of the molecule is COc1ccc(C(O)c2c(C)cc(N3CCOCC3)cc2C)cc1C(C)C. The minimum absolute atomic E-state index is 0.331. The molecule has 3 rings (SSSR count). The molecule has 1 unspecified atom stereocenters. The van der Waals surface area contributed by atoms with E-state index in [1.165, 1.54) is 5.69 Å². The van der Waals surface area contributed by atoms with Gasteiger partial charge in [-0.25, -0.2) is 0 Å². The number of benzene rings is 2. The van der Waals surface area contributed by atoms with E-state index in [4.69, 9.17) is 9.47 Å². The molecule has 0 radical (unpaired) electrons. The number of nitrogens with zero attached hydrogens (tertiary/aromatic N) is 1. The summed E-state index contributed by atoms with van der Waals surface area (Å²) in [6, 6.07) is 10.4. The predicted molar refractivity (Wildman–Crippen MR) is 110 cm³/mol. The topological polar surface area (TPSA) is 41.9 Å². The van der Waals surface area contributed by atoms with Gasteiger partial charge in [0.05, 0.1) is 20.3 Å². The molecule has 1 atom stereocenters. The zero-order valence-corrected chi connectivity index (χ0v) is 17.1. The van der Waals surface area contributed by atoms with E-state index in [1.54, 1.807) is 7.11 Å². The van der Waals surface area contributed by atoms with E-state index in [0.717, 1.165) is 59.9 Å². The zero-order chi connectivity index (χ0) is 19.6. The molecular formula is C23H31NO3. The van der Waals surface area contributed by atoms with Gasteiger partial charge in [-0.15, -0.1) is 0 Å². The van der Waals surface area contributed by atoms with Gasteiger partial charge in [0.2, 0.25) is 0 Å². The van der Waals surface area contributed by atoms with Gasteiger partial charge in [0.15, 0.2) is 0 Å². The Kier molecular flexibility index (Phi) is 6.08. The number of hydrogen-bond donors (Lipinski definition) is 1. The van der Waals surface area contributed by atoms with Crippen LogP contribution in [0.15, 0.2) is 30.3 Å². The number of morpholine rings is 1. The Labute approximate surface area is 162 Å². The third kappa shape index (κ3) is 4.12. The van der Waals surface area contributed by atoms with Crippen LogP contribution in [-0.4, -0.2) is 38.5 Å². The van der Waals surface area contributed by atoms with Gasteiger partial charge in [-0.2, -0.15) is 0 Å². The molecule has 0 saturated carbocycles. The molecule has 1 saturated heterocycles. The van der Waals surface area contributed by atoms with E-state index >= 15 is 0 Å². The highest BCUT2D eigenvalue weighted by Crippen LogP contribution is 2.35. The molecule has 4 heteroatoms. The minimum Gasteiger partial charge on any atom is -0.496 e. The summed E-state index contributed by atoms with van der Waals surface area (Å²) in [6.07, 6.45) is -0.646. The summed E-state index contributed by atoms with van der Waals surface area (Å²) in [5, 5.41) is 11.2. The Morgan fingerprint density at radius 1 is 1.04 bits per heavy atom. The number of aliphatic hydroxyl groups is 1. The summed E-state index contributed by atoms with van der Waals surface area (Å²) in [6.45, 7) is 11.8. The van der Waals surface area contributed by atoms with Gasteiger partial charge in [0.1, 0.15) is 11.9 Å². The molecule has 1 aliphatic rings. The predicted octanol–water partition coefficient (Wildman–Crippen LogP) is 4.35. The Balaban J connectivity index is 1.95. The summed E-state index contributed by atoms with van der Waals surface area (Å²) < 4.78 is 10.9. The van der Waals surface area contributed by atoms with Crippen molar-refractivity contribution in [3.05, 3.63) is 58.1 Å². The third-order valence-electron chi connectivity index (χ3n) is 5.42. The molecule has 146 valence electrons. The third-order valence-corrected chi connectivity index (χ3v) is 5.42. The molecule has 1 heterocycles. The smallest absolute Gasteiger partial charge is 0.122 e. The van der Waals surface area contributed by atoms with Crippen molar-refractivity contribution in [3.63, 3.8) is 0 Å². The van der Waals surface area contributed by atoms with Crippen molar-refractivity contribution in [2.45, 2.75) is 39.7 Å². The zero-order valence-electron chi connectivity index (χ0n) is 17.1. The molecule has 27 heavy (non-hydrogen) atoms. The van der Waals surface area contributed by atoms with Gasteiger partial charge < -0.3 is 19.5 Å². The molecule has 2 aromatic rings. The monoisotopic (exact) mass is 369 g/mol. The molecule has 0 spiro atoms. The fraction of sp³-hybridized carbons (Fsp3) is 0.478. The van der Waals surface area contributed by atoms with Gasteiger partial charge in [0, 0.05) is 18.8 Å². The average Bonchev–Trinajstić information content (AvgIpc) is 2.67. The average molecular weight is 370 g/mol. The van der Waals surface area contributed by atoms with E-state index in [2.05, 4.69) is 50.8 Å². The fourth-order valence-electron chi connectivity index (χ4n) is 3.93. The van der Waals surface area contributed by atoms with Crippen molar-refractivity contribution in [1.29, 1.82) is 0 Å². The lowest BCUT2D eigenvalue weighted by molar-refractivity contribution is 0.122. The highest BCUT2D eigenvalue weighted by atomic mass is 16.5. The maximum absolute atomic E-state index is 11.2. The molecule has 1 N–H and O–H groups in total. The van der Waals surface area contributed by atoms with E-state index in [1.807, 2.05) is 12.1 Å². The van der Waals surface area contributed by atoms with Crippen LogP contribution in [0.2, 0.25) is 0 Å². The van der Waals surface area contributed by atoms with Crippen LogP contribution >= 0.6 is 0 Å². The Morgan fingerprint density at radius 2 is 1.67 bits per heavy atom. The van der Waals surface area contributed by atoms with Crippen LogP contribution in [0.25, 0.3) is 0 Å². The van der Waals surface area contributed by atoms with Crippen LogP contribution < -0.4 is 9.64 Å². The lowest BCUT2D eigenvalue weighted by Gasteiger charge is -2.30. The molecule has 0 aromatic heterocycles. The molecule has 4 nitrogen and oxygen atoms in total. The van der Waals surface area contributed by atoms with E-state index in [0.29, 0.717) is 5.92 Å². The molecule has 0 amide bonds. The molecule has 1 fully saturated rings. The number of methoxy groups -OCH3 is 1. The summed E-state index contributed by atoms with van der Waals surface area (Å²) >= 11 is 0. The minimum atomic E-state index is -0.646. The van der Waals surface area contributed by atoms with Crippen molar-refractivity contribution in [3.8, 4) is 5.75 Å². The fourth-order valence-corrected chi connectivity index (χ4v) is 3.93. The first kappa shape index (κ1) is 19.7. The second-order valence-electron chi connectivity index (χ2n) is 7.65. The van der Waals surface area contributed by atoms with Crippen LogP contribution in [0.1, 0.15) is 53.7 Å². The van der Waals surface area contributed by atoms with Crippen molar-refractivity contribution < 1.29 is 14.6 Å². The van der Waals surface area contributed by atoms with Crippen LogP contribution in [0.4, 0.5) is 5.69 Å². The summed E-state index contributed by atoms with van der Waals surface area (Å²) in [4.78, 5) is 2.35. The van der Waals surface area contributed by atoms with Crippen LogP contribution in [0.3, 0.4) is 0 Å². The number of rotatable bonds is 5. The van der Waals surface area contributed by atoms with Crippen molar-refractivity contribution in [2.75, 3.05) is 38.3 Å². The molecule has 1 aliphatic heterocycles. The Morgan fingerprint density at radius 3 is 2.22 bits per heavy atom. The number of aliphatic hydroxyl groups excluding tert-OH is 1. The van der Waals surface area contributed by atoms with Crippen LogP contribution in [0, 0.1) is 13.8 Å². The van der Waals surface area contributed by atoms with E-state index in [-0.39, 0.29) is 0 Å². The van der Waals surface area contributed by atoms with Crippen molar-refractivity contribution in [2.24, 2.45) is 0 Å². The summed E-state index contributed by atoms with van der Waals surface area (Å²) in [7, 11) is 1.69. The highest BCUT2D eigenvalue weighted by molar-refractivity contribution is 5.56. The van der Waals surface area contributed by atoms with Gasteiger partial charge in [-0.1, -0.05) is 19.9 Å². The Hall–Kier alpha value is -2.04. The van der Waals surface area contributed by atoms with Gasteiger partial charge in [-0.3, -0.25) is 0 Å². The Bertz CT molecular complexity index is 771. The maximum Gasteiger partial charge on any atom is 0.122 e. The van der Waals surface area contributed by atoms with Crippen LogP contribution in [-0.2, 0) is 4.74 Å². The van der Waals surface area contributed by atoms with E-state index in [9.17, 15) is 5.11 Å². The summed E-state index contributed by atoms with van der Waals surface area (Å²) in [5.41, 5.74) is 6.46. The van der Waals surface area contributed by atoms with Gasteiger partial charge >= 0.3 is 0 Å². The number of aryl methyl sites for hydroxylation is 2. The van der Waals surface area contributed by atoms with Crippen molar-refractivity contribution >= 4 is 5.69 Å². The molecular weight excluding hydrogens is 338 g/mol. The molecule has 0 aliphatic carbocycles. The standard InChI is InChI=1S/C23H31NO3/c1-15(2)20-14-18(6-7-21(20)26-5)23(25)22-16(3)12-19(13-17(22)4)24-8-10-27-11-9-24/h6-7,12-15,23,25H,8-11H2,1-5H3. The maximum atomic E-state index is 11.2. The lowest BCUT2D eigenvalue weighted by Crippen LogP contribution is -2.36. The second-order valence-corrected chi connectivity index (χ2v) is 7.65. The molecule has 0 bridgehead atoms. The second kappa shape index (κ2) is 8.32. The molecule has 2 aromatic carbocycles. The first-order valence-corrected chi connectivity index (χ1v) is 9.72.